The van der Waals surface area contributed by atoms with Crippen LogP contribution in [0.3, 0.4) is 0 Å². The molecule has 0 saturated heterocycles. The number of pyridine rings is 1. The van der Waals surface area contributed by atoms with Crippen LogP contribution in [0.15, 0.2) is 18.2 Å². The molecule has 11 heavy (non-hydrogen) atoms. The summed E-state index contributed by atoms with van der Waals surface area (Å²) >= 11 is 5.57. The van der Waals surface area contributed by atoms with Gasteiger partial charge in [-0.3, -0.25) is 4.79 Å². The number of halogens is 1. The molecule has 1 rings (SSSR count). The number of carbonyl (C=O) groups is 1. The lowest BCUT2D eigenvalue weighted by Crippen LogP contribution is -2.06. The Morgan fingerprint density at radius 2 is 2.36 bits per heavy atom. The van der Waals surface area contributed by atoms with Crippen LogP contribution in [0.2, 0.25) is 5.15 Å². The molecule has 0 aliphatic heterocycles. The largest absolute Gasteiger partial charge is 0.311 e. The van der Waals surface area contributed by atoms with Gasteiger partial charge in [0.05, 0.1) is 0 Å². The highest BCUT2D eigenvalue weighted by Crippen LogP contribution is 2.08. The second-order valence-electron chi connectivity index (χ2n) is 2.03. The molecule has 0 bridgehead atoms. The molecule has 4 heteroatoms. The lowest BCUT2D eigenvalue weighted by atomic mass is 10.4. The van der Waals surface area contributed by atoms with Crippen molar-refractivity contribution in [3.63, 3.8) is 0 Å². The number of carbonyl (C=O) groups excluding carboxylic acids is 1. The maximum Gasteiger partial charge on any atom is 0.222 e. The van der Waals surface area contributed by atoms with Crippen LogP contribution in [0.1, 0.15) is 6.92 Å². The first-order valence-electron chi connectivity index (χ1n) is 3.08. The summed E-state index contributed by atoms with van der Waals surface area (Å²) in [6, 6.07) is 5.04. The van der Waals surface area contributed by atoms with Crippen LogP contribution in [0.4, 0.5) is 5.82 Å². The van der Waals surface area contributed by atoms with Gasteiger partial charge in [-0.05, 0) is 12.1 Å². The van der Waals surface area contributed by atoms with E-state index in [1.165, 1.54) is 6.92 Å². The van der Waals surface area contributed by atoms with Crippen molar-refractivity contribution in [1.82, 2.24) is 4.98 Å². The van der Waals surface area contributed by atoms with Crippen LogP contribution >= 0.6 is 11.6 Å². The monoisotopic (exact) mass is 170 g/mol. The van der Waals surface area contributed by atoms with Gasteiger partial charge in [0, 0.05) is 6.92 Å². The topological polar surface area (TPSA) is 42.0 Å². The third kappa shape index (κ3) is 2.55. The molecule has 3 nitrogen and oxygen atoms in total. The highest BCUT2D eigenvalue weighted by molar-refractivity contribution is 6.29. The molecule has 0 radical (unpaired) electrons. The maximum atomic E-state index is 10.5. The summed E-state index contributed by atoms with van der Waals surface area (Å²) < 4.78 is 0. The van der Waals surface area contributed by atoms with E-state index in [-0.39, 0.29) is 5.91 Å². The van der Waals surface area contributed by atoms with Crippen molar-refractivity contribution in [2.45, 2.75) is 6.92 Å². The zero-order chi connectivity index (χ0) is 8.27. The highest BCUT2D eigenvalue weighted by atomic mass is 35.5. The van der Waals surface area contributed by atoms with Crippen LogP contribution < -0.4 is 5.32 Å². The van der Waals surface area contributed by atoms with Crippen LogP contribution in [-0.4, -0.2) is 10.9 Å². The van der Waals surface area contributed by atoms with E-state index in [0.717, 1.165) is 0 Å². The number of hydrogen-bond donors (Lipinski definition) is 1. The van der Waals surface area contributed by atoms with E-state index in [4.69, 9.17) is 11.6 Å². The predicted octanol–water partition coefficient (Wildman–Crippen LogP) is 1.69. The van der Waals surface area contributed by atoms with Gasteiger partial charge in [-0.15, -0.1) is 0 Å². The number of hydrogen-bond acceptors (Lipinski definition) is 2. The minimum Gasteiger partial charge on any atom is -0.311 e. The van der Waals surface area contributed by atoms with Gasteiger partial charge in [-0.2, -0.15) is 0 Å². The molecule has 0 aliphatic rings. The lowest BCUT2D eigenvalue weighted by Gasteiger charge is -1.98. The summed E-state index contributed by atoms with van der Waals surface area (Å²) in [6.07, 6.45) is 0. The number of rotatable bonds is 1. The molecule has 1 aromatic heterocycles. The van der Waals surface area contributed by atoms with E-state index in [0.29, 0.717) is 11.0 Å². The Morgan fingerprint density at radius 1 is 1.64 bits per heavy atom. The first-order chi connectivity index (χ1) is 5.18. The van der Waals surface area contributed by atoms with E-state index < -0.39 is 0 Å². The standard InChI is InChI=1S/C7H7ClN2O/c1-5(11)9-7-4-2-3-6(8)10-7/h2-4H,1H3,(H,9,10,11). The van der Waals surface area contributed by atoms with Gasteiger partial charge in [0.15, 0.2) is 0 Å². The molecule has 0 aliphatic carbocycles. The summed E-state index contributed by atoms with van der Waals surface area (Å²) in [6.45, 7) is 1.42. The zero-order valence-corrected chi connectivity index (χ0v) is 6.72. The van der Waals surface area contributed by atoms with Crippen LogP contribution in [-0.2, 0) is 4.79 Å². The number of amides is 1. The summed E-state index contributed by atoms with van der Waals surface area (Å²) in [7, 11) is 0. The normalized spacial score (nSPS) is 9.27. The Morgan fingerprint density at radius 3 is 2.91 bits per heavy atom. The number of nitrogens with one attached hydrogen (secondary N) is 1. The number of anilines is 1. The smallest absolute Gasteiger partial charge is 0.222 e. The SMILES string of the molecule is CC(=O)Nc1cccc(Cl)n1. The van der Waals surface area contributed by atoms with E-state index in [2.05, 4.69) is 10.3 Å². The van der Waals surface area contributed by atoms with Gasteiger partial charge in [0.2, 0.25) is 5.91 Å². The molecule has 0 spiro atoms. The van der Waals surface area contributed by atoms with Crippen molar-refractivity contribution in [3.05, 3.63) is 23.4 Å². The first-order valence-corrected chi connectivity index (χ1v) is 3.46. The molecule has 58 valence electrons. The molecule has 0 saturated carbocycles. The van der Waals surface area contributed by atoms with Crippen molar-refractivity contribution < 1.29 is 4.79 Å². The molecule has 1 N–H and O–H groups in total. The van der Waals surface area contributed by atoms with Gasteiger partial charge in [0.25, 0.3) is 0 Å². The Bertz CT molecular complexity index is 275. The molecule has 0 atom stereocenters. The minimum atomic E-state index is -0.153. The van der Waals surface area contributed by atoms with Crippen LogP contribution in [0.25, 0.3) is 0 Å². The van der Waals surface area contributed by atoms with Crippen molar-refractivity contribution in [3.8, 4) is 0 Å². The third-order valence-electron chi connectivity index (χ3n) is 1.02. The van der Waals surface area contributed by atoms with Crippen molar-refractivity contribution >= 4 is 23.3 Å². The molecule has 0 aromatic carbocycles. The van der Waals surface area contributed by atoms with Gasteiger partial charge in [-0.1, -0.05) is 17.7 Å². The molecule has 1 heterocycles. The minimum absolute atomic E-state index is 0.153. The molecule has 1 amide bonds. The Hall–Kier alpha value is -1.09. The fourth-order valence-electron chi connectivity index (χ4n) is 0.658. The fourth-order valence-corrected chi connectivity index (χ4v) is 0.822. The summed E-state index contributed by atoms with van der Waals surface area (Å²) in [4.78, 5) is 14.4. The van der Waals surface area contributed by atoms with E-state index in [9.17, 15) is 4.79 Å². The Labute approximate surface area is 69.4 Å². The molecule has 0 unspecified atom stereocenters. The zero-order valence-electron chi connectivity index (χ0n) is 5.97. The number of nitrogens with zero attached hydrogens (tertiary/aromatic N) is 1. The molecule has 0 fully saturated rings. The Balaban J connectivity index is 2.79. The summed E-state index contributed by atoms with van der Waals surface area (Å²) in [5, 5.41) is 2.88. The van der Waals surface area contributed by atoms with Gasteiger partial charge >= 0.3 is 0 Å². The van der Waals surface area contributed by atoms with Gasteiger partial charge in [-0.25, -0.2) is 4.98 Å². The summed E-state index contributed by atoms with van der Waals surface area (Å²) in [5.74, 6) is 0.324. The Kier molecular flexibility index (Phi) is 2.44. The average molecular weight is 171 g/mol. The summed E-state index contributed by atoms with van der Waals surface area (Å²) in [5.41, 5.74) is 0. The molecular formula is C7H7ClN2O. The second kappa shape index (κ2) is 3.34. The third-order valence-corrected chi connectivity index (χ3v) is 1.23. The van der Waals surface area contributed by atoms with Crippen molar-refractivity contribution in [2.24, 2.45) is 0 Å². The molecule has 1 aromatic rings. The van der Waals surface area contributed by atoms with E-state index in [1.807, 2.05) is 0 Å². The van der Waals surface area contributed by atoms with Gasteiger partial charge in [0.1, 0.15) is 11.0 Å². The quantitative estimate of drug-likeness (QED) is 0.652. The van der Waals surface area contributed by atoms with Crippen molar-refractivity contribution in [1.29, 1.82) is 0 Å². The van der Waals surface area contributed by atoms with Crippen LogP contribution in [0, 0.1) is 0 Å². The van der Waals surface area contributed by atoms with E-state index in [1.54, 1.807) is 18.2 Å². The lowest BCUT2D eigenvalue weighted by molar-refractivity contribution is -0.114. The predicted molar refractivity (Wildman–Crippen MR) is 43.6 cm³/mol. The van der Waals surface area contributed by atoms with Crippen LogP contribution in [0.5, 0.6) is 0 Å². The van der Waals surface area contributed by atoms with Crippen molar-refractivity contribution in [2.75, 3.05) is 5.32 Å². The van der Waals surface area contributed by atoms with Gasteiger partial charge < -0.3 is 5.32 Å². The van der Waals surface area contributed by atoms with E-state index >= 15 is 0 Å². The molecular weight excluding hydrogens is 164 g/mol. The maximum absolute atomic E-state index is 10.5. The highest BCUT2D eigenvalue weighted by Gasteiger charge is 1.95. The first kappa shape index (κ1) is 8.01. The number of aromatic nitrogens is 1. The second-order valence-corrected chi connectivity index (χ2v) is 2.41. The fraction of sp³-hybridized carbons (Fsp3) is 0.143. The average Bonchev–Trinajstić information content (AvgIpc) is 1.85.